The van der Waals surface area contributed by atoms with Crippen LogP contribution in [0.4, 0.5) is 0 Å². The molecule has 6 N–H and O–H groups in total. The molecule has 0 spiro atoms. The van der Waals surface area contributed by atoms with E-state index >= 15 is 0 Å². The minimum atomic E-state index is -2.00. The number of rotatable bonds is 7. The summed E-state index contributed by atoms with van der Waals surface area (Å²) in [7, 11) is 0. The third-order valence-corrected chi connectivity index (χ3v) is 2.01. The molecular formula is C7H15NO8. The smallest absolute Gasteiger partial charge is 0.232 e. The van der Waals surface area contributed by atoms with Crippen molar-refractivity contribution in [1.29, 1.82) is 0 Å². The summed E-state index contributed by atoms with van der Waals surface area (Å²) in [5.74, 6) is 0. The highest BCUT2D eigenvalue weighted by Gasteiger charge is 2.35. The van der Waals surface area contributed by atoms with Crippen LogP contribution in [0.5, 0.6) is 0 Å². The molecule has 0 aliphatic rings. The van der Waals surface area contributed by atoms with E-state index in [2.05, 4.69) is 0 Å². The summed E-state index contributed by atoms with van der Waals surface area (Å²) in [6.45, 7) is -1.88. The maximum Gasteiger partial charge on any atom is 0.232 e. The average molecular weight is 241 g/mol. The van der Waals surface area contributed by atoms with Crippen LogP contribution in [-0.4, -0.2) is 79.2 Å². The molecule has 0 bridgehead atoms. The molecule has 0 radical (unpaired) electrons. The standard InChI is InChI=1S/C7H15NO8/c9-2-4(11)6(13)7(14)5(12)3(10)1-8(15)16/h3-7,9-14H,1-2H2. The molecule has 16 heavy (non-hydrogen) atoms. The number of nitro groups is 1. The summed E-state index contributed by atoms with van der Waals surface area (Å²) in [5.41, 5.74) is 0. The van der Waals surface area contributed by atoms with Crippen LogP contribution >= 0.6 is 0 Å². The third-order valence-electron chi connectivity index (χ3n) is 2.01. The second kappa shape index (κ2) is 6.68. The van der Waals surface area contributed by atoms with E-state index in [4.69, 9.17) is 20.4 Å². The number of hydrogen-bond donors (Lipinski definition) is 6. The lowest BCUT2D eigenvalue weighted by Gasteiger charge is -2.26. The minimum absolute atomic E-state index is 0.865. The van der Waals surface area contributed by atoms with Gasteiger partial charge in [-0.1, -0.05) is 0 Å². The highest BCUT2D eigenvalue weighted by Crippen LogP contribution is 2.08. The van der Waals surface area contributed by atoms with Gasteiger partial charge in [0.1, 0.15) is 30.5 Å². The first-order valence-electron chi connectivity index (χ1n) is 4.44. The molecule has 0 aliphatic carbocycles. The van der Waals surface area contributed by atoms with Crippen molar-refractivity contribution < 1.29 is 35.6 Å². The fourth-order valence-electron chi connectivity index (χ4n) is 1.03. The van der Waals surface area contributed by atoms with E-state index in [0.717, 1.165) is 0 Å². The second-order valence-electron chi connectivity index (χ2n) is 3.30. The molecule has 96 valence electrons. The molecule has 0 saturated carbocycles. The van der Waals surface area contributed by atoms with Crippen LogP contribution in [0.1, 0.15) is 0 Å². The summed E-state index contributed by atoms with van der Waals surface area (Å²) in [5, 5.41) is 64.0. The van der Waals surface area contributed by atoms with Crippen molar-refractivity contribution in [3.8, 4) is 0 Å². The van der Waals surface area contributed by atoms with E-state index < -0.39 is 48.6 Å². The van der Waals surface area contributed by atoms with Crippen LogP contribution in [0.15, 0.2) is 0 Å². The van der Waals surface area contributed by atoms with Crippen molar-refractivity contribution in [3.05, 3.63) is 10.1 Å². The second-order valence-corrected chi connectivity index (χ2v) is 3.30. The van der Waals surface area contributed by atoms with E-state index in [9.17, 15) is 20.3 Å². The molecule has 0 amide bonds. The Morgan fingerprint density at radius 2 is 1.38 bits per heavy atom. The third kappa shape index (κ3) is 4.35. The molecule has 5 atom stereocenters. The summed E-state index contributed by atoms with van der Waals surface area (Å²) >= 11 is 0. The minimum Gasteiger partial charge on any atom is -0.394 e. The summed E-state index contributed by atoms with van der Waals surface area (Å²) < 4.78 is 0. The van der Waals surface area contributed by atoms with Gasteiger partial charge < -0.3 is 30.6 Å². The molecule has 0 rings (SSSR count). The molecule has 0 aromatic carbocycles. The van der Waals surface area contributed by atoms with Gasteiger partial charge in [0.15, 0.2) is 0 Å². The number of nitrogens with zero attached hydrogens (tertiary/aromatic N) is 1. The molecule has 0 heterocycles. The maximum absolute atomic E-state index is 10.00. The Labute approximate surface area is 90.3 Å². The van der Waals surface area contributed by atoms with Gasteiger partial charge in [0.05, 0.1) is 6.61 Å². The van der Waals surface area contributed by atoms with E-state index in [1.165, 1.54) is 0 Å². The Kier molecular flexibility index (Phi) is 6.33. The van der Waals surface area contributed by atoms with Gasteiger partial charge in [0, 0.05) is 4.92 Å². The Bertz CT molecular complexity index is 224. The van der Waals surface area contributed by atoms with Gasteiger partial charge in [0.2, 0.25) is 6.54 Å². The Balaban J connectivity index is 4.35. The van der Waals surface area contributed by atoms with Crippen molar-refractivity contribution in [2.45, 2.75) is 30.5 Å². The van der Waals surface area contributed by atoms with Crippen LogP contribution in [0.3, 0.4) is 0 Å². The van der Waals surface area contributed by atoms with E-state index in [1.54, 1.807) is 0 Å². The monoisotopic (exact) mass is 241 g/mol. The zero-order valence-corrected chi connectivity index (χ0v) is 8.25. The van der Waals surface area contributed by atoms with Gasteiger partial charge in [-0.15, -0.1) is 0 Å². The van der Waals surface area contributed by atoms with Crippen LogP contribution in [0.25, 0.3) is 0 Å². The quantitative estimate of drug-likeness (QED) is 0.194. The topological polar surface area (TPSA) is 165 Å². The van der Waals surface area contributed by atoms with Crippen molar-refractivity contribution in [1.82, 2.24) is 0 Å². The molecular weight excluding hydrogens is 226 g/mol. The number of hydrogen-bond acceptors (Lipinski definition) is 8. The van der Waals surface area contributed by atoms with Crippen molar-refractivity contribution in [3.63, 3.8) is 0 Å². The Hall–Kier alpha value is -0.840. The molecule has 5 unspecified atom stereocenters. The fourth-order valence-corrected chi connectivity index (χ4v) is 1.03. The van der Waals surface area contributed by atoms with Crippen LogP contribution in [0.2, 0.25) is 0 Å². The first-order valence-corrected chi connectivity index (χ1v) is 4.44. The highest BCUT2D eigenvalue weighted by atomic mass is 16.6. The van der Waals surface area contributed by atoms with Gasteiger partial charge in [-0.3, -0.25) is 10.1 Å². The molecule has 0 saturated heterocycles. The lowest BCUT2D eigenvalue weighted by Crippen LogP contribution is -2.51. The molecule has 9 heteroatoms. The lowest BCUT2D eigenvalue weighted by atomic mass is 9.99. The van der Waals surface area contributed by atoms with Crippen molar-refractivity contribution >= 4 is 0 Å². The highest BCUT2D eigenvalue weighted by molar-refractivity contribution is 4.84. The average Bonchev–Trinajstić information content (AvgIpc) is 2.23. The number of aliphatic hydroxyl groups is 6. The Morgan fingerprint density at radius 3 is 1.75 bits per heavy atom. The zero-order valence-electron chi connectivity index (χ0n) is 8.25. The van der Waals surface area contributed by atoms with Crippen LogP contribution in [-0.2, 0) is 0 Å². The van der Waals surface area contributed by atoms with Gasteiger partial charge in [-0.2, -0.15) is 0 Å². The van der Waals surface area contributed by atoms with Gasteiger partial charge in [-0.05, 0) is 0 Å². The van der Waals surface area contributed by atoms with Gasteiger partial charge in [0.25, 0.3) is 0 Å². The first-order chi connectivity index (χ1) is 7.31. The molecule has 9 nitrogen and oxygen atoms in total. The van der Waals surface area contributed by atoms with E-state index in [1.807, 2.05) is 0 Å². The largest absolute Gasteiger partial charge is 0.394 e. The lowest BCUT2D eigenvalue weighted by molar-refractivity contribution is -0.493. The first kappa shape index (κ1) is 15.2. The molecule has 0 aromatic heterocycles. The molecule has 0 aliphatic heterocycles. The normalized spacial score (nSPS) is 20.9. The fraction of sp³-hybridized carbons (Fsp3) is 1.00. The number of aliphatic hydroxyl groups excluding tert-OH is 6. The summed E-state index contributed by atoms with van der Waals surface area (Å²) in [6.07, 6.45) is -9.52. The predicted octanol–water partition coefficient (Wildman–Crippen LogP) is -3.94. The predicted molar refractivity (Wildman–Crippen MR) is 49.0 cm³/mol. The Morgan fingerprint density at radius 1 is 0.938 bits per heavy atom. The van der Waals surface area contributed by atoms with E-state index in [0.29, 0.717) is 0 Å². The van der Waals surface area contributed by atoms with Gasteiger partial charge >= 0.3 is 0 Å². The van der Waals surface area contributed by atoms with Crippen LogP contribution < -0.4 is 0 Å². The molecule has 0 aromatic rings. The van der Waals surface area contributed by atoms with Crippen molar-refractivity contribution in [2.75, 3.05) is 13.2 Å². The van der Waals surface area contributed by atoms with Gasteiger partial charge in [-0.25, -0.2) is 0 Å². The SMILES string of the molecule is O=[N+]([O-])CC(O)C(O)C(O)C(O)C(O)CO. The van der Waals surface area contributed by atoms with Crippen molar-refractivity contribution in [2.24, 2.45) is 0 Å². The zero-order chi connectivity index (χ0) is 12.9. The molecule has 0 fully saturated rings. The van der Waals surface area contributed by atoms with Crippen LogP contribution in [0, 0.1) is 10.1 Å². The van der Waals surface area contributed by atoms with E-state index in [-0.39, 0.29) is 0 Å². The summed E-state index contributed by atoms with van der Waals surface area (Å²) in [4.78, 5) is 9.09. The summed E-state index contributed by atoms with van der Waals surface area (Å²) in [6, 6.07) is 0. The maximum atomic E-state index is 10.00.